The van der Waals surface area contributed by atoms with E-state index in [1.807, 2.05) is 6.92 Å². The molecule has 1 aromatic carbocycles. The Hall–Kier alpha value is -2.37. The van der Waals surface area contributed by atoms with E-state index in [4.69, 9.17) is 4.74 Å². The van der Waals surface area contributed by atoms with Crippen LogP contribution in [0.1, 0.15) is 43.5 Å². The Bertz CT molecular complexity index is 592. The summed E-state index contributed by atoms with van der Waals surface area (Å²) in [6.45, 7) is 4.35. The number of hydrogen-bond donors (Lipinski definition) is 1. The van der Waals surface area contributed by atoms with Crippen LogP contribution in [-0.4, -0.2) is 41.8 Å². The van der Waals surface area contributed by atoms with Gasteiger partial charge in [0, 0.05) is 38.0 Å². The van der Waals surface area contributed by atoms with Gasteiger partial charge in [-0.3, -0.25) is 14.4 Å². The molecule has 23 heavy (non-hydrogen) atoms. The number of carbonyl (C=O) groups is 3. The summed E-state index contributed by atoms with van der Waals surface area (Å²) < 4.78 is 5.01. The number of nitrogens with zero attached hydrogens (tertiary/aromatic N) is 1. The lowest BCUT2D eigenvalue weighted by molar-refractivity contribution is -0.131. The van der Waals surface area contributed by atoms with E-state index in [1.165, 1.54) is 6.92 Å². The Morgan fingerprint density at radius 2 is 1.96 bits per heavy atom. The lowest BCUT2D eigenvalue weighted by Crippen LogP contribution is -2.46. The number of rotatable bonds is 4. The Morgan fingerprint density at radius 3 is 2.57 bits per heavy atom. The molecule has 0 aromatic heterocycles. The first-order valence-electron chi connectivity index (χ1n) is 7.86. The number of piperidine rings is 1. The second-order valence-electron chi connectivity index (χ2n) is 5.61. The highest BCUT2D eigenvalue weighted by Crippen LogP contribution is 2.18. The maximum absolute atomic E-state index is 12.5. The summed E-state index contributed by atoms with van der Waals surface area (Å²) in [7, 11) is 0. The number of nitrogens with one attached hydrogen (secondary N) is 1. The quantitative estimate of drug-likeness (QED) is 0.678. The fourth-order valence-electron chi connectivity index (χ4n) is 2.60. The van der Waals surface area contributed by atoms with Crippen molar-refractivity contribution in [1.82, 2.24) is 10.2 Å². The SMILES string of the molecule is CCC(=O)NC1CCN(C(=O)c2cccc(OC(C)=O)c2)CC1. The molecule has 0 atom stereocenters. The summed E-state index contributed by atoms with van der Waals surface area (Å²) in [5, 5.41) is 2.96. The number of likely N-dealkylation sites (tertiary alicyclic amines) is 1. The summed E-state index contributed by atoms with van der Waals surface area (Å²) in [5.41, 5.74) is 0.500. The van der Waals surface area contributed by atoms with Gasteiger partial charge in [-0.15, -0.1) is 0 Å². The predicted molar refractivity (Wildman–Crippen MR) is 85.1 cm³/mol. The van der Waals surface area contributed by atoms with E-state index in [0.717, 1.165) is 12.8 Å². The van der Waals surface area contributed by atoms with Crippen LogP contribution >= 0.6 is 0 Å². The topological polar surface area (TPSA) is 75.7 Å². The van der Waals surface area contributed by atoms with E-state index in [1.54, 1.807) is 29.2 Å². The maximum atomic E-state index is 12.5. The summed E-state index contributed by atoms with van der Waals surface area (Å²) in [4.78, 5) is 36.7. The number of ether oxygens (including phenoxy) is 1. The standard InChI is InChI=1S/C17H22N2O4/c1-3-16(21)18-14-7-9-19(10-8-14)17(22)13-5-4-6-15(11-13)23-12(2)20/h4-6,11,14H,3,7-10H2,1-2H3,(H,18,21). The monoisotopic (exact) mass is 318 g/mol. The normalized spacial score (nSPS) is 15.1. The molecule has 1 aliphatic rings. The van der Waals surface area contributed by atoms with Crippen LogP contribution in [0.5, 0.6) is 5.75 Å². The van der Waals surface area contributed by atoms with E-state index in [-0.39, 0.29) is 17.9 Å². The molecule has 1 fully saturated rings. The van der Waals surface area contributed by atoms with E-state index < -0.39 is 5.97 Å². The molecule has 1 heterocycles. The van der Waals surface area contributed by atoms with Gasteiger partial charge in [-0.05, 0) is 31.0 Å². The largest absolute Gasteiger partial charge is 0.427 e. The molecule has 6 heteroatoms. The average Bonchev–Trinajstić information content (AvgIpc) is 2.54. The average molecular weight is 318 g/mol. The molecule has 0 aliphatic carbocycles. The van der Waals surface area contributed by atoms with Gasteiger partial charge in [0.05, 0.1) is 0 Å². The fourth-order valence-corrected chi connectivity index (χ4v) is 2.60. The summed E-state index contributed by atoms with van der Waals surface area (Å²) in [6.07, 6.45) is 1.98. The number of benzene rings is 1. The second-order valence-corrected chi connectivity index (χ2v) is 5.61. The number of amides is 2. The van der Waals surface area contributed by atoms with Gasteiger partial charge >= 0.3 is 5.97 Å². The summed E-state index contributed by atoms with van der Waals surface area (Å²) >= 11 is 0. The minimum Gasteiger partial charge on any atom is -0.427 e. The van der Waals surface area contributed by atoms with Crippen molar-refractivity contribution in [3.8, 4) is 5.75 Å². The first-order valence-corrected chi connectivity index (χ1v) is 7.86. The predicted octanol–water partition coefficient (Wildman–Crippen LogP) is 1.74. The molecule has 2 rings (SSSR count). The molecule has 1 aromatic rings. The summed E-state index contributed by atoms with van der Waals surface area (Å²) in [5.74, 6) is -0.0846. The van der Waals surface area contributed by atoms with Crippen LogP contribution in [0, 0.1) is 0 Å². The Balaban J connectivity index is 1.94. The molecular weight excluding hydrogens is 296 g/mol. The zero-order valence-electron chi connectivity index (χ0n) is 13.5. The highest BCUT2D eigenvalue weighted by molar-refractivity contribution is 5.94. The van der Waals surface area contributed by atoms with Gasteiger partial charge in [-0.2, -0.15) is 0 Å². The van der Waals surface area contributed by atoms with Crippen LogP contribution in [0.2, 0.25) is 0 Å². The molecule has 0 bridgehead atoms. The van der Waals surface area contributed by atoms with Crippen molar-refractivity contribution in [2.75, 3.05) is 13.1 Å². The highest BCUT2D eigenvalue weighted by Gasteiger charge is 2.24. The van der Waals surface area contributed by atoms with Crippen molar-refractivity contribution in [1.29, 1.82) is 0 Å². The molecule has 2 amide bonds. The zero-order chi connectivity index (χ0) is 16.8. The van der Waals surface area contributed by atoms with Gasteiger partial charge < -0.3 is 15.0 Å². The third-order valence-electron chi connectivity index (χ3n) is 3.81. The molecule has 124 valence electrons. The Labute approximate surface area is 135 Å². The van der Waals surface area contributed by atoms with Gasteiger partial charge in [-0.25, -0.2) is 0 Å². The minimum absolute atomic E-state index is 0.0452. The third-order valence-corrected chi connectivity index (χ3v) is 3.81. The second kappa shape index (κ2) is 7.76. The van der Waals surface area contributed by atoms with Crippen molar-refractivity contribution in [2.45, 2.75) is 39.2 Å². The van der Waals surface area contributed by atoms with Crippen LogP contribution in [0.25, 0.3) is 0 Å². The molecule has 0 saturated carbocycles. The molecule has 1 aliphatic heterocycles. The molecular formula is C17H22N2O4. The minimum atomic E-state index is -0.415. The van der Waals surface area contributed by atoms with E-state index in [0.29, 0.717) is 30.8 Å². The van der Waals surface area contributed by atoms with Gasteiger partial charge in [0.2, 0.25) is 5.91 Å². The maximum Gasteiger partial charge on any atom is 0.308 e. The van der Waals surface area contributed by atoms with Crippen LogP contribution in [0.3, 0.4) is 0 Å². The lowest BCUT2D eigenvalue weighted by Gasteiger charge is -2.32. The van der Waals surface area contributed by atoms with E-state index in [2.05, 4.69) is 5.32 Å². The van der Waals surface area contributed by atoms with E-state index >= 15 is 0 Å². The third kappa shape index (κ3) is 4.81. The van der Waals surface area contributed by atoms with Gasteiger partial charge in [0.25, 0.3) is 5.91 Å². The fraction of sp³-hybridized carbons (Fsp3) is 0.471. The van der Waals surface area contributed by atoms with Crippen LogP contribution < -0.4 is 10.1 Å². The molecule has 6 nitrogen and oxygen atoms in total. The van der Waals surface area contributed by atoms with Crippen LogP contribution in [-0.2, 0) is 9.59 Å². The van der Waals surface area contributed by atoms with Crippen LogP contribution in [0.4, 0.5) is 0 Å². The molecule has 1 N–H and O–H groups in total. The number of carbonyl (C=O) groups excluding carboxylic acids is 3. The van der Waals surface area contributed by atoms with Crippen molar-refractivity contribution in [3.63, 3.8) is 0 Å². The number of esters is 1. The smallest absolute Gasteiger partial charge is 0.308 e. The van der Waals surface area contributed by atoms with Crippen molar-refractivity contribution < 1.29 is 19.1 Å². The lowest BCUT2D eigenvalue weighted by atomic mass is 10.0. The Morgan fingerprint density at radius 1 is 1.26 bits per heavy atom. The van der Waals surface area contributed by atoms with E-state index in [9.17, 15) is 14.4 Å². The Kier molecular flexibility index (Phi) is 5.73. The first-order chi connectivity index (χ1) is 11.0. The molecule has 0 unspecified atom stereocenters. The van der Waals surface area contributed by atoms with Crippen molar-refractivity contribution in [3.05, 3.63) is 29.8 Å². The van der Waals surface area contributed by atoms with Crippen molar-refractivity contribution >= 4 is 17.8 Å². The first kappa shape index (κ1) is 17.0. The van der Waals surface area contributed by atoms with Crippen molar-refractivity contribution in [2.24, 2.45) is 0 Å². The summed E-state index contributed by atoms with van der Waals surface area (Å²) in [6, 6.07) is 6.76. The van der Waals surface area contributed by atoms with Gasteiger partial charge in [-0.1, -0.05) is 13.0 Å². The van der Waals surface area contributed by atoms with Gasteiger partial charge in [0.1, 0.15) is 5.75 Å². The highest BCUT2D eigenvalue weighted by atomic mass is 16.5. The number of hydrogen-bond acceptors (Lipinski definition) is 4. The molecule has 1 saturated heterocycles. The van der Waals surface area contributed by atoms with Gasteiger partial charge in [0.15, 0.2) is 0 Å². The molecule has 0 spiro atoms. The zero-order valence-corrected chi connectivity index (χ0v) is 13.5. The van der Waals surface area contributed by atoms with Crippen LogP contribution in [0.15, 0.2) is 24.3 Å². The molecule has 0 radical (unpaired) electrons.